The predicted octanol–water partition coefficient (Wildman–Crippen LogP) is 2.38. The van der Waals surface area contributed by atoms with E-state index >= 15 is 0 Å². The van der Waals surface area contributed by atoms with Crippen LogP contribution in [0.2, 0.25) is 0 Å². The molecule has 146 valence electrons. The number of aryl methyl sites for hydroxylation is 1. The van der Waals surface area contributed by atoms with Crippen molar-refractivity contribution in [3.63, 3.8) is 0 Å². The molecular weight excluding hydrogens is 406 g/mol. The van der Waals surface area contributed by atoms with Gasteiger partial charge in [0.15, 0.2) is 0 Å². The van der Waals surface area contributed by atoms with Gasteiger partial charge in [-0.05, 0) is 25.1 Å². The maximum atomic E-state index is 12.7. The van der Waals surface area contributed by atoms with E-state index in [0.29, 0.717) is 10.2 Å². The molecular formula is C17H15N3O6S2. The Labute approximate surface area is 163 Å². The van der Waals surface area contributed by atoms with Gasteiger partial charge in [0.1, 0.15) is 6.54 Å². The highest BCUT2D eigenvalue weighted by Crippen LogP contribution is 2.24. The molecule has 1 heterocycles. The van der Waals surface area contributed by atoms with Crippen molar-refractivity contribution >= 4 is 43.2 Å². The van der Waals surface area contributed by atoms with E-state index < -0.39 is 20.9 Å². The average molecular weight is 421 g/mol. The molecule has 0 spiro atoms. The van der Waals surface area contributed by atoms with Crippen LogP contribution in [0.3, 0.4) is 0 Å². The zero-order valence-electron chi connectivity index (χ0n) is 14.9. The van der Waals surface area contributed by atoms with Crippen molar-refractivity contribution in [2.45, 2.75) is 18.4 Å². The van der Waals surface area contributed by atoms with Crippen LogP contribution in [-0.2, 0) is 26.1 Å². The molecule has 0 fully saturated rings. The number of benzene rings is 2. The molecule has 28 heavy (non-hydrogen) atoms. The minimum absolute atomic E-state index is 0.00570. The molecule has 2 aromatic carbocycles. The van der Waals surface area contributed by atoms with Gasteiger partial charge in [-0.25, -0.2) is 0 Å². The lowest BCUT2D eigenvalue weighted by molar-refractivity contribution is -0.384. The minimum Gasteiger partial charge on any atom is -0.468 e. The van der Waals surface area contributed by atoms with Crippen LogP contribution < -0.4 is 4.80 Å². The maximum absolute atomic E-state index is 12.7. The second-order valence-electron chi connectivity index (χ2n) is 5.84. The summed E-state index contributed by atoms with van der Waals surface area (Å²) in [5.74, 6) is -0.604. The molecule has 3 aromatic rings. The fraction of sp³-hybridized carbons (Fsp3) is 0.176. The number of methoxy groups -OCH3 is 1. The molecule has 0 radical (unpaired) electrons. The molecule has 0 aliphatic heterocycles. The number of fused-ring (bicyclic) bond motifs is 1. The first kappa shape index (κ1) is 19.7. The Kier molecular flexibility index (Phi) is 5.29. The van der Waals surface area contributed by atoms with Gasteiger partial charge >= 0.3 is 5.97 Å². The number of esters is 1. The van der Waals surface area contributed by atoms with Crippen molar-refractivity contribution in [1.29, 1.82) is 0 Å². The first-order valence-electron chi connectivity index (χ1n) is 7.93. The maximum Gasteiger partial charge on any atom is 0.325 e. The number of nitro groups is 1. The predicted molar refractivity (Wildman–Crippen MR) is 102 cm³/mol. The fourth-order valence-electron chi connectivity index (χ4n) is 2.46. The molecule has 1 aromatic heterocycles. The van der Waals surface area contributed by atoms with Crippen molar-refractivity contribution in [2.24, 2.45) is 4.40 Å². The lowest BCUT2D eigenvalue weighted by Crippen LogP contribution is -2.22. The molecule has 11 heteroatoms. The number of hydrogen-bond acceptors (Lipinski definition) is 7. The average Bonchev–Trinajstić information content (AvgIpc) is 2.97. The molecule has 0 saturated heterocycles. The van der Waals surface area contributed by atoms with Crippen LogP contribution >= 0.6 is 11.3 Å². The minimum atomic E-state index is -4.04. The normalized spacial score (nSPS) is 12.3. The van der Waals surface area contributed by atoms with E-state index in [1.54, 1.807) is 12.1 Å². The Balaban J connectivity index is 2.24. The van der Waals surface area contributed by atoms with Gasteiger partial charge in [0, 0.05) is 12.1 Å². The standard InChI is InChI=1S/C17H15N3O6S2/c1-11-3-6-13(7-4-11)28(24,25)18-17-19(10-16(21)26-2)14-8-5-12(20(22)23)9-15(14)27-17/h3-9H,10H2,1-2H3/b18-17-. The number of aromatic nitrogens is 1. The third-order valence-corrected chi connectivity index (χ3v) is 6.35. The van der Waals surface area contributed by atoms with E-state index in [0.717, 1.165) is 16.9 Å². The second-order valence-corrected chi connectivity index (χ2v) is 8.45. The number of carbonyl (C=O) groups excluding carboxylic acids is 1. The van der Waals surface area contributed by atoms with Gasteiger partial charge in [-0.1, -0.05) is 29.0 Å². The molecule has 3 rings (SSSR count). The molecule has 0 saturated carbocycles. The van der Waals surface area contributed by atoms with Crippen LogP contribution in [-0.4, -0.2) is 31.0 Å². The largest absolute Gasteiger partial charge is 0.468 e. The van der Waals surface area contributed by atoms with E-state index in [9.17, 15) is 23.3 Å². The summed E-state index contributed by atoms with van der Waals surface area (Å²) in [4.78, 5) is 22.3. The molecule has 0 bridgehead atoms. The zero-order chi connectivity index (χ0) is 20.5. The van der Waals surface area contributed by atoms with Gasteiger partial charge in [0.2, 0.25) is 4.80 Å². The fourth-order valence-corrected chi connectivity index (χ4v) is 4.72. The summed E-state index contributed by atoms with van der Waals surface area (Å²) < 4.78 is 35.7. The molecule has 0 N–H and O–H groups in total. The molecule has 0 aliphatic carbocycles. The van der Waals surface area contributed by atoms with E-state index in [1.807, 2.05) is 6.92 Å². The van der Waals surface area contributed by atoms with E-state index in [2.05, 4.69) is 9.13 Å². The number of nitro benzene ring substituents is 1. The van der Waals surface area contributed by atoms with Gasteiger partial charge in [0.05, 0.1) is 27.1 Å². The molecule has 0 amide bonds. The Morgan fingerprint density at radius 1 is 1.25 bits per heavy atom. The summed E-state index contributed by atoms with van der Waals surface area (Å²) in [6.45, 7) is 1.55. The van der Waals surface area contributed by atoms with Gasteiger partial charge in [-0.3, -0.25) is 14.9 Å². The second kappa shape index (κ2) is 7.52. The number of sulfonamides is 1. The summed E-state index contributed by atoms with van der Waals surface area (Å²) in [5, 5.41) is 11.0. The van der Waals surface area contributed by atoms with Crippen LogP contribution in [0.1, 0.15) is 5.56 Å². The van der Waals surface area contributed by atoms with E-state index in [4.69, 9.17) is 0 Å². The van der Waals surface area contributed by atoms with E-state index in [1.165, 1.54) is 42.0 Å². The lowest BCUT2D eigenvalue weighted by Gasteiger charge is -2.04. The highest BCUT2D eigenvalue weighted by atomic mass is 32.2. The number of hydrogen-bond donors (Lipinski definition) is 0. The number of rotatable bonds is 5. The topological polar surface area (TPSA) is 121 Å². The SMILES string of the molecule is COC(=O)Cn1/c(=N/S(=O)(=O)c2ccc(C)cc2)sc2cc([N+](=O)[O-])ccc21. The van der Waals surface area contributed by atoms with Crippen molar-refractivity contribution in [3.05, 3.63) is 62.9 Å². The summed E-state index contributed by atoms with van der Waals surface area (Å²) in [5.41, 5.74) is 1.19. The lowest BCUT2D eigenvalue weighted by atomic mass is 10.2. The van der Waals surface area contributed by atoms with Gasteiger partial charge < -0.3 is 9.30 Å². The van der Waals surface area contributed by atoms with Gasteiger partial charge in [0.25, 0.3) is 15.7 Å². The van der Waals surface area contributed by atoms with Crippen LogP contribution in [0.4, 0.5) is 5.69 Å². The number of ether oxygens (including phenoxy) is 1. The molecule has 0 atom stereocenters. The summed E-state index contributed by atoms with van der Waals surface area (Å²) in [7, 11) is -2.83. The first-order chi connectivity index (χ1) is 13.2. The molecule has 0 aliphatic rings. The number of carbonyl (C=O) groups is 1. The Morgan fingerprint density at radius 2 is 1.93 bits per heavy atom. The monoisotopic (exact) mass is 421 g/mol. The third kappa shape index (κ3) is 3.94. The summed E-state index contributed by atoms with van der Waals surface area (Å²) in [6.07, 6.45) is 0. The quantitative estimate of drug-likeness (QED) is 0.354. The van der Waals surface area contributed by atoms with Crippen molar-refractivity contribution in [3.8, 4) is 0 Å². The molecule has 9 nitrogen and oxygen atoms in total. The third-order valence-electron chi connectivity index (χ3n) is 3.91. The highest BCUT2D eigenvalue weighted by molar-refractivity contribution is 7.90. The van der Waals surface area contributed by atoms with Gasteiger partial charge in [-0.2, -0.15) is 8.42 Å². The van der Waals surface area contributed by atoms with Crippen molar-refractivity contribution in [1.82, 2.24) is 4.57 Å². The summed E-state index contributed by atoms with van der Waals surface area (Å²) in [6, 6.07) is 10.2. The van der Waals surface area contributed by atoms with Crippen molar-refractivity contribution in [2.75, 3.05) is 7.11 Å². The first-order valence-corrected chi connectivity index (χ1v) is 10.2. The Bertz CT molecular complexity index is 1240. The number of thiazole rings is 1. The Hall–Kier alpha value is -3.05. The molecule has 0 unspecified atom stereocenters. The van der Waals surface area contributed by atoms with Crippen LogP contribution in [0.15, 0.2) is 51.8 Å². The smallest absolute Gasteiger partial charge is 0.325 e. The number of non-ortho nitro benzene ring substituents is 1. The zero-order valence-corrected chi connectivity index (χ0v) is 16.5. The van der Waals surface area contributed by atoms with Crippen LogP contribution in [0.5, 0.6) is 0 Å². The van der Waals surface area contributed by atoms with Crippen molar-refractivity contribution < 1.29 is 22.9 Å². The number of nitrogens with zero attached hydrogens (tertiary/aromatic N) is 3. The highest BCUT2D eigenvalue weighted by Gasteiger charge is 2.18. The van der Waals surface area contributed by atoms with Crippen LogP contribution in [0.25, 0.3) is 10.2 Å². The summed E-state index contributed by atoms with van der Waals surface area (Å²) >= 11 is 0.938. The van der Waals surface area contributed by atoms with Gasteiger partial charge in [-0.15, -0.1) is 4.40 Å². The Morgan fingerprint density at radius 3 is 2.54 bits per heavy atom. The van der Waals surface area contributed by atoms with E-state index in [-0.39, 0.29) is 21.9 Å². The van der Waals surface area contributed by atoms with Crippen LogP contribution in [0, 0.1) is 17.0 Å².